The molecule has 0 spiro atoms. The number of carbonyl (C=O) groups excluding carboxylic acids is 2. The van der Waals surface area contributed by atoms with Crippen molar-refractivity contribution in [1.82, 2.24) is 0 Å². The van der Waals surface area contributed by atoms with Crippen molar-refractivity contribution in [3.63, 3.8) is 0 Å². The van der Waals surface area contributed by atoms with Crippen LogP contribution >= 0.6 is 34.8 Å². The van der Waals surface area contributed by atoms with Gasteiger partial charge in [0.2, 0.25) is 20.0 Å². The van der Waals surface area contributed by atoms with E-state index < -0.39 is 25.3 Å². The normalized spacial score (nSPS) is 11.3. The van der Waals surface area contributed by atoms with Crippen LogP contribution in [0.4, 0.5) is 0 Å². The highest BCUT2D eigenvalue weighted by molar-refractivity contribution is 7.89. The first kappa shape index (κ1) is 45.9. The Morgan fingerprint density at radius 1 is 0.551 bits per heavy atom. The molecule has 49 heavy (non-hydrogen) atoms. The maximum atomic E-state index is 12.5. The molecule has 4 N–H and O–H groups in total. The summed E-state index contributed by atoms with van der Waals surface area (Å²) >= 11 is 16.6. The molecule has 0 aliphatic heterocycles. The molecule has 0 amide bonds. The number of hydrogen-bond acceptors (Lipinski definition) is 6. The molecule has 268 valence electrons. The summed E-state index contributed by atoms with van der Waals surface area (Å²) in [6, 6.07) is 25.4. The zero-order valence-corrected chi connectivity index (χ0v) is 30.6. The van der Waals surface area contributed by atoms with Gasteiger partial charge in [0.05, 0.1) is 10.0 Å². The van der Waals surface area contributed by atoms with Crippen LogP contribution < -0.4 is 10.3 Å². The Balaban J connectivity index is 0.000000758. The summed E-state index contributed by atoms with van der Waals surface area (Å²) in [5.41, 5.74) is 3.51. The van der Waals surface area contributed by atoms with Gasteiger partial charge in [0, 0.05) is 16.7 Å². The second-order valence-electron chi connectivity index (χ2n) is 12.4. The minimum absolute atomic E-state index is 0. The summed E-state index contributed by atoms with van der Waals surface area (Å²) in [7, 11) is -7.91. The van der Waals surface area contributed by atoms with Crippen LogP contribution in [0.5, 0.6) is 0 Å². The van der Waals surface area contributed by atoms with Crippen LogP contribution in [0.25, 0.3) is 0 Å². The number of ketones is 1. The number of halogens is 3. The summed E-state index contributed by atoms with van der Waals surface area (Å²) in [6.45, 7) is 12.9. The average Bonchev–Trinajstić information content (AvgIpc) is 2.96. The summed E-state index contributed by atoms with van der Waals surface area (Å²) < 4.78 is 44.9. The third-order valence-electron chi connectivity index (χ3n) is 6.62. The third kappa shape index (κ3) is 14.0. The first-order chi connectivity index (χ1) is 21.4. The molecule has 8 nitrogen and oxygen atoms in total. The number of rotatable bonds is 5. The lowest BCUT2D eigenvalue weighted by Gasteiger charge is -2.19. The Hall–Kier alpha value is -3.09. The fraction of sp³-hybridized carbons (Fsp3) is 0.278. The first-order valence-corrected chi connectivity index (χ1v) is 18.2. The van der Waals surface area contributed by atoms with E-state index >= 15 is 0 Å². The van der Waals surface area contributed by atoms with Crippen molar-refractivity contribution in [3.05, 3.63) is 129 Å². The van der Waals surface area contributed by atoms with Gasteiger partial charge >= 0.3 is 0 Å². The topological polar surface area (TPSA) is 154 Å². The van der Waals surface area contributed by atoms with Crippen molar-refractivity contribution in [3.8, 4) is 0 Å². The zero-order valence-electron chi connectivity index (χ0n) is 26.7. The summed E-state index contributed by atoms with van der Waals surface area (Å²) in [4.78, 5) is 22.7. The molecular formula is C36H45Cl3N2O6S2. The van der Waals surface area contributed by atoms with E-state index in [4.69, 9.17) is 45.1 Å². The molecule has 4 rings (SSSR count). The molecule has 0 atom stereocenters. The highest BCUT2D eigenvalue weighted by atomic mass is 35.5. The van der Waals surface area contributed by atoms with Crippen LogP contribution in [-0.4, -0.2) is 27.9 Å². The Labute approximate surface area is 306 Å². The van der Waals surface area contributed by atoms with Gasteiger partial charge in [-0.3, -0.25) is 9.59 Å². The molecule has 0 aromatic heterocycles. The van der Waals surface area contributed by atoms with Crippen LogP contribution in [0.2, 0.25) is 10.0 Å². The molecule has 13 heteroatoms. The van der Waals surface area contributed by atoms with Gasteiger partial charge in [-0.2, -0.15) is 0 Å². The van der Waals surface area contributed by atoms with Gasteiger partial charge in [-0.1, -0.05) is 134 Å². The van der Waals surface area contributed by atoms with Crippen molar-refractivity contribution in [1.29, 1.82) is 0 Å². The smallest absolute Gasteiger partial charge is 0.252 e. The molecule has 4 aromatic rings. The molecule has 0 fully saturated rings. The van der Waals surface area contributed by atoms with Gasteiger partial charge in [-0.05, 0) is 70.0 Å². The Morgan fingerprint density at radius 2 is 0.898 bits per heavy atom. The average molecular weight is 772 g/mol. The lowest BCUT2D eigenvalue weighted by Crippen LogP contribution is -2.14. The van der Waals surface area contributed by atoms with Gasteiger partial charge in [0.1, 0.15) is 9.79 Å². The van der Waals surface area contributed by atoms with Crippen molar-refractivity contribution >= 4 is 65.9 Å². The molecule has 0 radical (unpaired) electrons. The fourth-order valence-corrected chi connectivity index (χ4v) is 6.19. The number of sulfonamides is 2. The largest absolute Gasteiger partial charge is 0.289 e. The van der Waals surface area contributed by atoms with Crippen molar-refractivity contribution < 1.29 is 26.4 Å². The van der Waals surface area contributed by atoms with Crippen LogP contribution in [0, 0.1) is 0 Å². The highest BCUT2D eigenvalue weighted by Crippen LogP contribution is 2.26. The lowest BCUT2D eigenvalue weighted by atomic mass is 9.86. The maximum absolute atomic E-state index is 12.5. The van der Waals surface area contributed by atoms with E-state index in [0.717, 1.165) is 11.6 Å². The minimum atomic E-state index is -3.98. The monoisotopic (exact) mass is 770 g/mol. The van der Waals surface area contributed by atoms with Crippen LogP contribution in [0.3, 0.4) is 0 Å². The Bertz CT molecular complexity index is 1950. The molecule has 4 aromatic carbocycles. The van der Waals surface area contributed by atoms with E-state index in [2.05, 4.69) is 71.9 Å². The van der Waals surface area contributed by atoms with E-state index in [0.29, 0.717) is 11.0 Å². The Kier molecular flexibility index (Phi) is 17.1. The maximum Gasteiger partial charge on any atom is 0.252 e. The van der Waals surface area contributed by atoms with E-state index in [1.54, 1.807) is 12.1 Å². The van der Waals surface area contributed by atoms with Gasteiger partial charge in [0.15, 0.2) is 5.78 Å². The van der Waals surface area contributed by atoms with Gasteiger partial charge in [0.25, 0.3) is 5.24 Å². The lowest BCUT2D eigenvalue weighted by molar-refractivity contribution is 0.103. The van der Waals surface area contributed by atoms with Gasteiger partial charge in [-0.25, -0.2) is 27.1 Å². The van der Waals surface area contributed by atoms with Crippen LogP contribution in [0.15, 0.2) is 101 Å². The zero-order chi connectivity index (χ0) is 36.0. The number of benzene rings is 4. The number of carbonyl (C=O) groups is 2. The second kappa shape index (κ2) is 18.2. The molecule has 0 saturated heterocycles. The van der Waals surface area contributed by atoms with Gasteiger partial charge in [-0.15, -0.1) is 0 Å². The van der Waals surface area contributed by atoms with Gasteiger partial charge < -0.3 is 0 Å². The number of primary sulfonamides is 2. The van der Waals surface area contributed by atoms with Crippen LogP contribution in [-0.2, 0) is 30.9 Å². The Morgan fingerprint density at radius 3 is 1.24 bits per heavy atom. The fourth-order valence-electron chi connectivity index (χ4n) is 3.93. The summed E-state index contributed by atoms with van der Waals surface area (Å²) in [5.74, 6) is -0.285. The predicted octanol–water partition coefficient (Wildman–Crippen LogP) is 9.14. The van der Waals surface area contributed by atoms with E-state index in [-0.39, 0.29) is 57.0 Å². The molecule has 0 unspecified atom stereocenters. The molecule has 0 saturated carbocycles. The number of hydrogen-bond donors (Lipinski definition) is 2. The van der Waals surface area contributed by atoms with Crippen LogP contribution in [0.1, 0.15) is 93.8 Å². The van der Waals surface area contributed by atoms with Crippen molar-refractivity contribution in [2.45, 2.75) is 77.0 Å². The second-order valence-corrected chi connectivity index (χ2v) is 16.6. The molecule has 0 bridgehead atoms. The van der Waals surface area contributed by atoms with E-state index in [1.165, 1.54) is 35.9 Å². The predicted molar refractivity (Wildman–Crippen MR) is 203 cm³/mol. The standard InChI is InChI=1S/C17H18ClNO3S.C10H14.C7H5Cl2NO3S.2CH4/c1-17(2,3)13-7-4-11(5-8-13)16(20)12-6-9-14(18)15(10-12)23(19,21)22;1-10(2,3)9-7-5-4-6-8-9;8-5-2-1-4(7(9)11)3-6(5)14(10,12)13;;/h4-10H,1-3H3,(H2,19,21,22);4-8H,1-3H3;1-3H,(H2,10,12,13);2*1H4. The van der Waals surface area contributed by atoms with E-state index in [9.17, 15) is 26.4 Å². The first-order valence-electron chi connectivity index (χ1n) is 14.0. The highest BCUT2D eigenvalue weighted by Gasteiger charge is 2.19. The molecule has 0 aliphatic rings. The summed E-state index contributed by atoms with van der Waals surface area (Å²) in [6.07, 6.45) is 0. The SMILES string of the molecule is C.C.CC(C)(C)c1ccc(C(=O)c2ccc(Cl)c(S(N)(=O)=O)c2)cc1.CC(C)(C)c1ccccc1.NS(=O)(=O)c1cc(C(=O)Cl)ccc1Cl. The summed E-state index contributed by atoms with van der Waals surface area (Å²) in [5, 5.41) is 9.14. The molecule has 0 heterocycles. The van der Waals surface area contributed by atoms with Crippen molar-refractivity contribution in [2.75, 3.05) is 0 Å². The molecular weight excluding hydrogens is 727 g/mol. The molecule has 0 aliphatic carbocycles. The number of nitrogens with two attached hydrogens (primary N) is 2. The quantitative estimate of drug-likeness (QED) is 0.152. The minimum Gasteiger partial charge on any atom is -0.289 e. The van der Waals surface area contributed by atoms with Crippen molar-refractivity contribution in [2.24, 2.45) is 10.3 Å². The third-order valence-corrected chi connectivity index (χ3v) is 9.62. The van der Waals surface area contributed by atoms with E-state index in [1.807, 2.05) is 12.1 Å².